The molecule has 2 atom stereocenters. The zero-order valence-corrected chi connectivity index (χ0v) is 11.5. The number of benzene rings is 1. The number of nitro groups is 1. The van der Waals surface area contributed by atoms with Gasteiger partial charge in [0.15, 0.2) is 0 Å². The molecule has 2 unspecified atom stereocenters. The lowest BCUT2D eigenvalue weighted by atomic mass is 9.97. The third-order valence-corrected chi connectivity index (χ3v) is 4.42. The van der Waals surface area contributed by atoms with Crippen LogP contribution in [0.1, 0.15) is 25.7 Å². The number of hydrogen-bond donors (Lipinski definition) is 1. The predicted molar refractivity (Wildman–Crippen MR) is 76.1 cm³/mol. The van der Waals surface area contributed by atoms with E-state index in [0.29, 0.717) is 17.8 Å². The molecule has 20 heavy (non-hydrogen) atoms. The molecule has 0 saturated carbocycles. The SMILES string of the molecule is COc1ccc([N+](=O)[O-])cc1N1C2CCC1CC(N)C2. The van der Waals surface area contributed by atoms with Crippen LogP contribution in [-0.4, -0.2) is 30.2 Å². The largest absolute Gasteiger partial charge is 0.495 e. The molecule has 0 spiro atoms. The van der Waals surface area contributed by atoms with Gasteiger partial charge in [-0.1, -0.05) is 0 Å². The summed E-state index contributed by atoms with van der Waals surface area (Å²) >= 11 is 0. The Morgan fingerprint density at radius 1 is 1.35 bits per heavy atom. The van der Waals surface area contributed by atoms with Crippen molar-refractivity contribution in [3.05, 3.63) is 28.3 Å². The normalized spacial score (nSPS) is 28.5. The minimum atomic E-state index is -0.361. The monoisotopic (exact) mass is 277 g/mol. The molecule has 0 aliphatic carbocycles. The summed E-state index contributed by atoms with van der Waals surface area (Å²) in [5.74, 6) is 0.697. The van der Waals surface area contributed by atoms with Crippen LogP contribution in [0.25, 0.3) is 0 Å². The molecular weight excluding hydrogens is 258 g/mol. The van der Waals surface area contributed by atoms with Crippen LogP contribution >= 0.6 is 0 Å². The quantitative estimate of drug-likeness (QED) is 0.675. The molecule has 6 heteroatoms. The number of nitrogens with zero attached hydrogens (tertiary/aromatic N) is 2. The van der Waals surface area contributed by atoms with Crippen LogP contribution in [0.4, 0.5) is 11.4 Å². The summed E-state index contributed by atoms with van der Waals surface area (Å²) in [5.41, 5.74) is 7.02. The fourth-order valence-corrected chi connectivity index (χ4v) is 3.61. The summed E-state index contributed by atoms with van der Waals surface area (Å²) in [7, 11) is 1.60. The molecule has 108 valence electrons. The summed E-state index contributed by atoms with van der Waals surface area (Å²) in [5, 5.41) is 11.0. The molecule has 1 aromatic carbocycles. The summed E-state index contributed by atoms with van der Waals surface area (Å²) in [6.07, 6.45) is 4.10. The number of methoxy groups -OCH3 is 1. The molecule has 0 aromatic heterocycles. The lowest BCUT2D eigenvalue weighted by Crippen LogP contribution is -2.47. The number of fused-ring (bicyclic) bond motifs is 2. The van der Waals surface area contributed by atoms with Gasteiger partial charge in [0.1, 0.15) is 5.75 Å². The molecule has 2 aliphatic heterocycles. The van der Waals surface area contributed by atoms with Crippen LogP contribution in [0.2, 0.25) is 0 Å². The predicted octanol–water partition coefficient (Wildman–Crippen LogP) is 2.06. The smallest absolute Gasteiger partial charge is 0.271 e. The van der Waals surface area contributed by atoms with E-state index in [-0.39, 0.29) is 16.7 Å². The topological polar surface area (TPSA) is 81.6 Å². The first-order valence-corrected chi connectivity index (χ1v) is 6.96. The molecule has 1 aromatic rings. The molecule has 2 heterocycles. The zero-order valence-electron chi connectivity index (χ0n) is 11.5. The first-order valence-electron chi connectivity index (χ1n) is 6.96. The number of hydrogen-bond acceptors (Lipinski definition) is 5. The van der Waals surface area contributed by atoms with Gasteiger partial charge in [-0.3, -0.25) is 10.1 Å². The van der Waals surface area contributed by atoms with Crippen molar-refractivity contribution >= 4 is 11.4 Å². The van der Waals surface area contributed by atoms with Crippen molar-refractivity contribution in [1.82, 2.24) is 0 Å². The van der Waals surface area contributed by atoms with Crippen LogP contribution in [-0.2, 0) is 0 Å². The Bertz CT molecular complexity index is 520. The first kappa shape index (κ1) is 13.2. The van der Waals surface area contributed by atoms with Gasteiger partial charge in [-0.05, 0) is 31.7 Å². The Balaban J connectivity index is 2.00. The van der Waals surface area contributed by atoms with Gasteiger partial charge < -0.3 is 15.4 Å². The lowest BCUT2D eigenvalue weighted by Gasteiger charge is -2.39. The molecule has 0 radical (unpaired) electrons. The van der Waals surface area contributed by atoms with Gasteiger partial charge in [0.25, 0.3) is 5.69 Å². The number of nitro benzene ring substituents is 1. The number of nitrogens with two attached hydrogens (primary N) is 1. The first-order chi connectivity index (χ1) is 9.60. The summed E-state index contributed by atoms with van der Waals surface area (Å²) in [4.78, 5) is 12.9. The van der Waals surface area contributed by atoms with Crippen LogP contribution in [0.15, 0.2) is 18.2 Å². The number of non-ortho nitro benzene ring substituents is 1. The van der Waals surface area contributed by atoms with Gasteiger partial charge in [0.05, 0.1) is 17.7 Å². The second-order valence-electron chi connectivity index (χ2n) is 5.64. The Morgan fingerprint density at radius 2 is 2.00 bits per heavy atom. The standard InChI is InChI=1S/C14H19N3O3/c1-20-14-5-4-12(17(18)19)8-13(14)16-10-2-3-11(16)7-9(15)6-10/h4-5,8-11H,2-3,6-7,15H2,1H3. The minimum absolute atomic E-state index is 0.107. The van der Waals surface area contributed by atoms with Crippen molar-refractivity contribution in [3.8, 4) is 5.75 Å². The van der Waals surface area contributed by atoms with Gasteiger partial charge in [-0.25, -0.2) is 0 Å². The van der Waals surface area contributed by atoms with E-state index in [1.54, 1.807) is 19.2 Å². The van der Waals surface area contributed by atoms with Crippen molar-refractivity contribution in [1.29, 1.82) is 0 Å². The van der Waals surface area contributed by atoms with E-state index in [2.05, 4.69) is 4.90 Å². The molecule has 6 nitrogen and oxygen atoms in total. The molecule has 2 saturated heterocycles. The fourth-order valence-electron chi connectivity index (χ4n) is 3.61. The van der Waals surface area contributed by atoms with E-state index in [4.69, 9.17) is 10.5 Å². The van der Waals surface area contributed by atoms with Gasteiger partial charge in [-0.2, -0.15) is 0 Å². The van der Waals surface area contributed by atoms with Crippen LogP contribution in [0.5, 0.6) is 5.75 Å². The molecular formula is C14H19N3O3. The summed E-state index contributed by atoms with van der Waals surface area (Å²) in [6, 6.07) is 5.79. The van der Waals surface area contributed by atoms with Crippen LogP contribution in [0, 0.1) is 10.1 Å². The van der Waals surface area contributed by atoms with E-state index < -0.39 is 0 Å². The van der Waals surface area contributed by atoms with Gasteiger partial charge in [0.2, 0.25) is 0 Å². The highest BCUT2D eigenvalue weighted by Crippen LogP contribution is 2.43. The Hall–Kier alpha value is -1.82. The zero-order chi connectivity index (χ0) is 14.3. The van der Waals surface area contributed by atoms with E-state index >= 15 is 0 Å². The van der Waals surface area contributed by atoms with E-state index in [1.807, 2.05) is 0 Å². The number of piperidine rings is 1. The molecule has 0 amide bonds. The molecule has 3 rings (SSSR count). The summed E-state index contributed by atoms with van der Waals surface area (Å²) in [6.45, 7) is 0. The van der Waals surface area contributed by atoms with Crippen LogP contribution in [0.3, 0.4) is 0 Å². The second-order valence-corrected chi connectivity index (χ2v) is 5.64. The number of ether oxygens (including phenoxy) is 1. The van der Waals surface area contributed by atoms with Gasteiger partial charge >= 0.3 is 0 Å². The van der Waals surface area contributed by atoms with Crippen molar-refractivity contribution in [2.75, 3.05) is 12.0 Å². The lowest BCUT2D eigenvalue weighted by molar-refractivity contribution is -0.384. The second kappa shape index (κ2) is 4.94. The van der Waals surface area contributed by atoms with Crippen molar-refractivity contribution in [2.24, 2.45) is 5.73 Å². The Kier molecular flexibility index (Phi) is 3.25. The molecule has 2 aliphatic rings. The summed E-state index contributed by atoms with van der Waals surface area (Å²) < 4.78 is 5.39. The average molecular weight is 277 g/mol. The third kappa shape index (κ3) is 2.10. The molecule has 2 fully saturated rings. The highest BCUT2D eigenvalue weighted by molar-refractivity contribution is 5.65. The van der Waals surface area contributed by atoms with Gasteiger partial charge in [-0.15, -0.1) is 0 Å². The van der Waals surface area contributed by atoms with Crippen molar-refractivity contribution in [3.63, 3.8) is 0 Å². The Morgan fingerprint density at radius 3 is 2.55 bits per heavy atom. The van der Waals surface area contributed by atoms with Crippen molar-refractivity contribution in [2.45, 2.75) is 43.8 Å². The highest BCUT2D eigenvalue weighted by atomic mass is 16.6. The fraction of sp³-hybridized carbons (Fsp3) is 0.571. The van der Waals surface area contributed by atoms with Crippen molar-refractivity contribution < 1.29 is 9.66 Å². The van der Waals surface area contributed by atoms with Gasteiger partial charge in [0, 0.05) is 30.3 Å². The average Bonchev–Trinajstić information content (AvgIpc) is 2.69. The Labute approximate surface area is 117 Å². The molecule has 2 bridgehead atoms. The van der Waals surface area contributed by atoms with E-state index in [0.717, 1.165) is 31.4 Å². The van der Waals surface area contributed by atoms with E-state index in [9.17, 15) is 10.1 Å². The number of anilines is 1. The maximum Gasteiger partial charge on any atom is 0.271 e. The minimum Gasteiger partial charge on any atom is -0.495 e. The van der Waals surface area contributed by atoms with E-state index in [1.165, 1.54) is 6.07 Å². The maximum atomic E-state index is 11.0. The van der Waals surface area contributed by atoms with Crippen LogP contribution < -0.4 is 15.4 Å². The molecule has 2 N–H and O–H groups in total. The maximum absolute atomic E-state index is 11.0. The highest BCUT2D eigenvalue weighted by Gasteiger charge is 2.41. The number of rotatable bonds is 3. The third-order valence-electron chi connectivity index (χ3n) is 4.42.